The van der Waals surface area contributed by atoms with Crippen LogP contribution in [0.3, 0.4) is 0 Å². The van der Waals surface area contributed by atoms with Gasteiger partial charge in [-0.2, -0.15) is 0 Å². The molecule has 2 aliphatic rings. The van der Waals surface area contributed by atoms with Crippen LogP contribution in [0.4, 0.5) is 0 Å². The molecule has 3 N–H and O–H groups in total. The minimum absolute atomic E-state index is 0.0125. The highest BCUT2D eigenvalue weighted by molar-refractivity contribution is 5.76. The summed E-state index contributed by atoms with van der Waals surface area (Å²) in [5.74, 6) is 1.39. The maximum Gasteiger partial charge on any atom is 0.220 e. The molecular formula is C22H25NO4. The number of aliphatic hydroxyl groups excluding tert-OH is 1. The number of carbonyl (C=O) groups excluding carboxylic acids is 1. The Morgan fingerprint density at radius 3 is 2.85 bits per heavy atom. The second-order valence-electron chi connectivity index (χ2n) is 7.57. The summed E-state index contributed by atoms with van der Waals surface area (Å²) in [6, 6.07) is 13.1. The number of aliphatic hydroxyl groups is 1. The van der Waals surface area contributed by atoms with Crippen LogP contribution in [0.1, 0.15) is 42.0 Å². The number of fused-ring (bicyclic) bond motifs is 1. The summed E-state index contributed by atoms with van der Waals surface area (Å²) >= 11 is 0. The molecule has 142 valence electrons. The lowest BCUT2D eigenvalue weighted by Crippen LogP contribution is -2.41. The molecule has 2 aromatic carbocycles. The molecule has 1 atom stereocenters. The predicted molar refractivity (Wildman–Crippen MR) is 102 cm³/mol. The van der Waals surface area contributed by atoms with E-state index < -0.39 is 0 Å². The van der Waals surface area contributed by atoms with E-state index in [0.29, 0.717) is 32.3 Å². The lowest BCUT2D eigenvalue weighted by molar-refractivity contribution is -0.123. The number of hydrogen-bond donors (Lipinski definition) is 3. The number of amides is 1. The van der Waals surface area contributed by atoms with E-state index in [0.717, 1.165) is 23.3 Å². The molecule has 5 heteroatoms. The molecule has 0 aromatic heterocycles. The van der Waals surface area contributed by atoms with Gasteiger partial charge in [-0.1, -0.05) is 18.2 Å². The van der Waals surface area contributed by atoms with Crippen molar-refractivity contribution in [2.45, 2.75) is 44.2 Å². The van der Waals surface area contributed by atoms with Crippen molar-refractivity contribution in [3.63, 3.8) is 0 Å². The van der Waals surface area contributed by atoms with Gasteiger partial charge < -0.3 is 20.3 Å². The molecule has 0 radical (unpaired) electrons. The van der Waals surface area contributed by atoms with Gasteiger partial charge >= 0.3 is 0 Å². The molecule has 1 aliphatic carbocycles. The summed E-state index contributed by atoms with van der Waals surface area (Å²) in [6.07, 6.45) is 3.01. The van der Waals surface area contributed by atoms with Crippen LogP contribution in [0.5, 0.6) is 11.5 Å². The lowest BCUT2D eigenvalue weighted by atomic mass is 9.74. The zero-order valence-electron chi connectivity index (χ0n) is 15.2. The maximum atomic E-state index is 12.6. The molecular weight excluding hydrogens is 342 g/mol. The minimum atomic E-state index is -0.264. The molecule has 1 unspecified atom stereocenters. The highest BCUT2D eigenvalue weighted by Crippen LogP contribution is 2.39. The second-order valence-corrected chi connectivity index (χ2v) is 7.57. The minimum Gasteiger partial charge on any atom is -0.508 e. The molecule has 1 fully saturated rings. The third-order valence-electron chi connectivity index (χ3n) is 5.56. The summed E-state index contributed by atoms with van der Waals surface area (Å²) in [5, 5.41) is 22.5. The molecule has 1 heterocycles. The van der Waals surface area contributed by atoms with Crippen molar-refractivity contribution in [1.82, 2.24) is 5.32 Å². The lowest BCUT2D eigenvalue weighted by Gasteiger charge is -2.38. The van der Waals surface area contributed by atoms with Gasteiger partial charge in [-0.15, -0.1) is 0 Å². The summed E-state index contributed by atoms with van der Waals surface area (Å²) in [7, 11) is 0. The van der Waals surface area contributed by atoms with E-state index in [4.69, 9.17) is 4.74 Å². The van der Waals surface area contributed by atoms with Crippen LogP contribution in [-0.2, 0) is 17.6 Å². The van der Waals surface area contributed by atoms with Gasteiger partial charge in [0.15, 0.2) is 0 Å². The fraction of sp³-hybridized carbons (Fsp3) is 0.409. The van der Waals surface area contributed by atoms with Gasteiger partial charge in [0, 0.05) is 12.8 Å². The molecule has 0 spiro atoms. The van der Waals surface area contributed by atoms with E-state index >= 15 is 0 Å². The van der Waals surface area contributed by atoms with Crippen molar-refractivity contribution >= 4 is 5.91 Å². The smallest absolute Gasteiger partial charge is 0.220 e. The van der Waals surface area contributed by atoms with Crippen LogP contribution in [-0.4, -0.2) is 28.8 Å². The van der Waals surface area contributed by atoms with Gasteiger partial charge in [0.1, 0.15) is 11.5 Å². The monoisotopic (exact) mass is 367 g/mol. The summed E-state index contributed by atoms with van der Waals surface area (Å²) in [5.41, 5.74) is 3.21. The standard InChI is InChI=1S/C22H25NO4/c24-18-3-1-2-14(10-18)4-7-21(26)23-22(17-12-19(25)13-17)16-5-6-20-15(11-16)8-9-27-20/h1-3,5-6,10-11,17,19,22,24-25H,4,7-9,12-13H2,(H,23,26). The fourth-order valence-corrected chi connectivity index (χ4v) is 3.99. The zero-order chi connectivity index (χ0) is 18.8. The topological polar surface area (TPSA) is 78.8 Å². The largest absolute Gasteiger partial charge is 0.508 e. The first-order valence-corrected chi connectivity index (χ1v) is 9.59. The number of carbonyl (C=O) groups is 1. The van der Waals surface area contributed by atoms with E-state index in [9.17, 15) is 15.0 Å². The SMILES string of the molecule is O=C(CCc1cccc(O)c1)NC(c1ccc2c(c1)CCO2)C1CC(O)C1. The molecule has 0 saturated heterocycles. The number of phenols is 1. The summed E-state index contributed by atoms with van der Waals surface area (Å²) in [6.45, 7) is 0.710. The van der Waals surface area contributed by atoms with Gasteiger partial charge in [0.25, 0.3) is 0 Å². The first kappa shape index (κ1) is 17.9. The summed E-state index contributed by atoms with van der Waals surface area (Å²) in [4.78, 5) is 12.6. The number of benzene rings is 2. The highest BCUT2D eigenvalue weighted by atomic mass is 16.5. The zero-order valence-corrected chi connectivity index (χ0v) is 15.2. The molecule has 1 amide bonds. The molecule has 0 bridgehead atoms. The van der Waals surface area contributed by atoms with E-state index in [-0.39, 0.29) is 29.7 Å². The molecule has 5 nitrogen and oxygen atoms in total. The summed E-state index contributed by atoms with van der Waals surface area (Å²) < 4.78 is 5.58. The Morgan fingerprint density at radius 2 is 2.07 bits per heavy atom. The Bertz CT molecular complexity index is 829. The van der Waals surface area contributed by atoms with Crippen molar-refractivity contribution in [1.29, 1.82) is 0 Å². The van der Waals surface area contributed by atoms with Gasteiger partial charge in [-0.25, -0.2) is 0 Å². The van der Waals surface area contributed by atoms with Gasteiger partial charge in [-0.3, -0.25) is 4.79 Å². The Labute approximate surface area is 159 Å². The van der Waals surface area contributed by atoms with Crippen molar-refractivity contribution in [3.05, 3.63) is 59.2 Å². The highest BCUT2D eigenvalue weighted by Gasteiger charge is 2.36. The predicted octanol–water partition coefficient (Wildman–Crippen LogP) is 2.89. The van der Waals surface area contributed by atoms with Crippen LogP contribution in [0.2, 0.25) is 0 Å². The van der Waals surface area contributed by atoms with Gasteiger partial charge in [0.2, 0.25) is 5.91 Å². The third kappa shape index (κ3) is 4.08. The number of rotatable bonds is 6. The van der Waals surface area contributed by atoms with Crippen LogP contribution >= 0.6 is 0 Å². The van der Waals surface area contributed by atoms with E-state index in [1.165, 1.54) is 5.56 Å². The number of phenolic OH excluding ortho intramolecular Hbond substituents is 1. The van der Waals surface area contributed by atoms with E-state index in [2.05, 4.69) is 11.4 Å². The van der Waals surface area contributed by atoms with Gasteiger partial charge in [-0.05, 0) is 66.1 Å². The quantitative estimate of drug-likeness (QED) is 0.734. The van der Waals surface area contributed by atoms with Crippen LogP contribution in [0.15, 0.2) is 42.5 Å². The van der Waals surface area contributed by atoms with Crippen LogP contribution in [0, 0.1) is 5.92 Å². The molecule has 1 aliphatic heterocycles. The number of ether oxygens (including phenoxy) is 1. The van der Waals surface area contributed by atoms with E-state index in [1.807, 2.05) is 18.2 Å². The molecule has 2 aromatic rings. The Morgan fingerprint density at radius 1 is 1.22 bits per heavy atom. The van der Waals surface area contributed by atoms with Gasteiger partial charge in [0.05, 0.1) is 18.8 Å². The molecule has 27 heavy (non-hydrogen) atoms. The van der Waals surface area contributed by atoms with Crippen molar-refractivity contribution in [3.8, 4) is 11.5 Å². The average Bonchev–Trinajstić information content (AvgIpc) is 3.10. The van der Waals surface area contributed by atoms with Crippen molar-refractivity contribution in [2.24, 2.45) is 5.92 Å². The molecule has 4 rings (SSSR count). The normalized spacial score (nSPS) is 21.7. The second kappa shape index (κ2) is 7.61. The average molecular weight is 367 g/mol. The van der Waals surface area contributed by atoms with E-state index in [1.54, 1.807) is 18.2 Å². The first-order chi connectivity index (χ1) is 13.1. The number of aryl methyl sites for hydroxylation is 1. The fourth-order valence-electron chi connectivity index (χ4n) is 3.99. The first-order valence-electron chi connectivity index (χ1n) is 9.59. The van der Waals surface area contributed by atoms with Crippen molar-refractivity contribution < 1.29 is 19.7 Å². The third-order valence-corrected chi connectivity index (χ3v) is 5.56. The number of aromatic hydroxyl groups is 1. The van der Waals surface area contributed by atoms with Crippen molar-refractivity contribution in [2.75, 3.05) is 6.61 Å². The Balaban J connectivity index is 1.44. The van der Waals surface area contributed by atoms with Crippen LogP contribution in [0.25, 0.3) is 0 Å². The number of hydrogen-bond acceptors (Lipinski definition) is 4. The van der Waals surface area contributed by atoms with Crippen LogP contribution < -0.4 is 10.1 Å². The Kier molecular flexibility index (Phi) is 5.03. The maximum absolute atomic E-state index is 12.6. The number of nitrogens with one attached hydrogen (secondary N) is 1. The molecule has 1 saturated carbocycles. The Hall–Kier alpha value is -2.53.